The van der Waals surface area contributed by atoms with E-state index in [9.17, 15) is 4.39 Å². The third-order valence-electron chi connectivity index (χ3n) is 3.65. The third-order valence-corrected chi connectivity index (χ3v) is 3.65. The molecule has 0 saturated carbocycles. The second kappa shape index (κ2) is 2.80. The standard InChI is InChI=1S/C12H14FN/c13-10-4-3-9-2-1-5-12(6-7-14-12)11(9)8-10/h3-4,8,14H,1-2,5-7H2/t12-/m1/s1. The number of hydrogen-bond donors (Lipinski definition) is 1. The van der Waals surface area contributed by atoms with Crippen LogP contribution in [0.1, 0.15) is 30.4 Å². The van der Waals surface area contributed by atoms with Gasteiger partial charge in [-0.1, -0.05) is 6.07 Å². The van der Waals surface area contributed by atoms with Crippen molar-refractivity contribution < 1.29 is 4.39 Å². The van der Waals surface area contributed by atoms with E-state index in [1.807, 2.05) is 6.07 Å². The largest absolute Gasteiger partial charge is 0.307 e. The van der Waals surface area contributed by atoms with Crippen LogP contribution in [-0.4, -0.2) is 6.54 Å². The summed E-state index contributed by atoms with van der Waals surface area (Å²) in [6.45, 7) is 1.08. The first kappa shape index (κ1) is 8.42. The molecule has 0 bridgehead atoms. The summed E-state index contributed by atoms with van der Waals surface area (Å²) < 4.78 is 13.2. The Morgan fingerprint density at radius 2 is 2.14 bits per heavy atom. The number of halogens is 1. The lowest BCUT2D eigenvalue weighted by Gasteiger charge is -2.47. The highest BCUT2D eigenvalue weighted by Gasteiger charge is 2.41. The fourth-order valence-electron chi connectivity index (χ4n) is 2.80. The molecule has 1 nitrogen and oxygen atoms in total. The Bertz CT molecular complexity index is 369. The molecule has 1 N–H and O–H groups in total. The van der Waals surface area contributed by atoms with Crippen LogP contribution in [0.3, 0.4) is 0 Å². The molecule has 1 heterocycles. The van der Waals surface area contributed by atoms with E-state index in [0.29, 0.717) is 0 Å². The maximum atomic E-state index is 13.2. The van der Waals surface area contributed by atoms with E-state index < -0.39 is 0 Å². The van der Waals surface area contributed by atoms with Gasteiger partial charge in [-0.2, -0.15) is 0 Å². The molecule has 1 saturated heterocycles. The zero-order valence-corrected chi connectivity index (χ0v) is 8.15. The van der Waals surface area contributed by atoms with E-state index >= 15 is 0 Å². The Morgan fingerprint density at radius 3 is 2.86 bits per heavy atom. The molecule has 1 atom stereocenters. The van der Waals surface area contributed by atoms with E-state index in [-0.39, 0.29) is 11.4 Å². The summed E-state index contributed by atoms with van der Waals surface area (Å²) >= 11 is 0. The molecule has 0 aromatic heterocycles. The molecule has 1 aliphatic heterocycles. The van der Waals surface area contributed by atoms with Crippen LogP contribution >= 0.6 is 0 Å². The van der Waals surface area contributed by atoms with Gasteiger partial charge in [0.05, 0.1) is 0 Å². The van der Waals surface area contributed by atoms with E-state index in [1.54, 1.807) is 12.1 Å². The molecule has 74 valence electrons. The lowest BCUT2D eigenvalue weighted by atomic mass is 9.71. The zero-order chi connectivity index (χ0) is 9.60. The number of nitrogens with one attached hydrogen (secondary N) is 1. The van der Waals surface area contributed by atoms with Gasteiger partial charge < -0.3 is 5.32 Å². The van der Waals surface area contributed by atoms with Crippen molar-refractivity contribution in [1.29, 1.82) is 0 Å². The highest BCUT2D eigenvalue weighted by atomic mass is 19.1. The Hall–Kier alpha value is -0.890. The first-order valence-corrected chi connectivity index (χ1v) is 5.34. The summed E-state index contributed by atoms with van der Waals surface area (Å²) in [5.74, 6) is -0.0984. The molecular weight excluding hydrogens is 177 g/mol. The molecule has 2 heteroatoms. The molecule has 3 rings (SSSR count). The van der Waals surface area contributed by atoms with Crippen LogP contribution in [0.2, 0.25) is 0 Å². The number of hydrogen-bond acceptors (Lipinski definition) is 1. The molecular formula is C12H14FN. The number of benzene rings is 1. The van der Waals surface area contributed by atoms with Crippen LogP contribution in [0, 0.1) is 5.82 Å². The Kier molecular flexibility index (Phi) is 1.68. The number of rotatable bonds is 0. The van der Waals surface area contributed by atoms with Crippen molar-refractivity contribution in [3.63, 3.8) is 0 Å². The third kappa shape index (κ3) is 1.04. The van der Waals surface area contributed by atoms with Crippen LogP contribution in [0.25, 0.3) is 0 Å². The molecule has 1 aromatic rings. The van der Waals surface area contributed by atoms with Crippen LogP contribution < -0.4 is 5.32 Å². The first-order valence-electron chi connectivity index (χ1n) is 5.34. The van der Waals surface area contributed by atoms with Crippen LogP contribution in [0.15, 0.2) is 18.2 Å². The smallest absolute Gasteiger partial charge is 0.123 e. The van der Waals surface area contributed by atoms with Crippen molar-refractivity contribution in [1.82, 2.24) is 5.32 Å². The van der Waals surface area contributed by atoms with Gasteiger partial charge in [-0.3, -0.25) is 0 Å². The fraction of sp³-hybridized carbons (Fsp3) is 0.500. The molecule has 1 aromatic carbocycles. The van der Waals surface area contributed by atoms with Gasteiger partial charge in [0, 0.05) is 5.54 Å². The van der Waals surface area contributed by atoms with Gasteiger partial charge >= 0.3 is 0 Å². The van der Waals surface area contributed by atoms with Gasteiger partial charge in [-0.05, 0) is 55.5 Å². The summed E-state index contributed by atoms with van der Waals surface area (Å²) in [6.07, 6.45) is 4.68. The van der Waals surface area contributed by atoms with Gasteiger partial charge in [0.1, 0.15) is 5.82 Å². The Balaban J connectivity index is 2.12. The minimum absolute atomic E-state index is 0.0984. The predicted molar refractivity (Wildman–Crippen MR) is 53.6 cm³/mol. The summed E-state index contributed by atoms with van der Waals surface area (Å²) in [5, 5.41) is 3.48. The molecule has 0 radical (unpaired) electrons. The Morgan fingerprint density at radius 1 is 1.29 bits per heavy atom. The van der Waals surface area contributed by atoms with E-state index in [4.69, 9.17) is 0 Å². The van der Waals surface area contributed by atoms with Crippen molar-refractivity contribution in [3.05, 3.63) is 35.1 Å². The van der Waals surface area contributed by atoms with Gasteiger partial charge in [-0.25, -0.2) is 4.39 Å². The maximum Gasteiger partial charge on any atom is 0.123 e. The van der Waals surface area contributed by atoms with E-state index in [0.717, 1.165) is 13.0 Å². The Labute approximate surface area is 83.3 Å². The molecule has 1 aliphatic carbocycles. The van der Waals surface area contributed by atoms with Gasteiger partial charge in [0.25, 0.3) is 0 Å². The van der Waals surface area contributed by atoms with Crippen molar-refractivity contribution in [2.75, 3.05) is 6.54 Å². The fourth-order valence-corrected chi connectivity index (χ4v) is 2.80. The van der Waals surface area contributed by atoms with Crippen LogP contribution in [0.5, 0.6) is 0 Å². The van der Waals surface area contributed by atoms with Crippen LogP contribution in [0.4, 0.5) is 4.39 Å². The van der Waals surface area contributed by atoms with Crippen LogP contribution in [-0.2, 0) is 12.0 Å². The van der Waals surface area contributed by atoms with Gasteiger partial charge in [0.2, 0.25) is 0 Å². The number of aryl methyl sites for hydroxylation is 1. The molecule has 0 unspecified atom stereocenters. The van der Waals surface area contributed by atoms with Gasteiger partial charge in [-0.15, -0.1) is 0 Å². The van der Waals surface area contributed by atoms with Crippen molar-refractivity contribution in [3.8, 4) is 0 Å². The summed E-state index contributed by atoms with van der Waals surface area (Å²) in [4.78, 5) is 0. The van der Waals surface area contributed by atoms with Crippen molar-refractivity contribution in [2.45, 2.75) is 31.2 Å². The monoisotopic (exact) mass is 191 g/mol. The summed E-state index contributed by atoms with van der Waals surface area (Å²) in [7, 11) is 0. The second-order valence-corrected chi connectivity index (χ2v) is 4.41. The maximum absolute atomic E-state index is 13.2. The van der Waals surface area contributed by atoms with Crippen molar-refractivity contribution in [2.24, 2.45) is 0 Å². The highest BCUT2D eigenvalue weighted by Crippen LogP contribution is 2.41. The summed E-state index contributed by atoms with van der Waals surface area (Å²) in [6, 6.07) is 5.25. The van der Waals surface area contributed by atoms with E-state index in [1.165, 1.54) is 30.4 Å². The number of fused-ring (bicyclic) bond motifs is 2. The molecule has 1 spiro atoms. The molecule has 0 amide bonds. The first-order chi connectivity index (χ1) is 6.80. The second-order valence-electron chi connectivity index (χ2n) is 4.41. The topological polar surface area (TPSA) is 12.0 Å². The molecule has 14 heavy (non-hydrogen) atoms. The average molecular weight is 191 g/mol. The molecule has 1 fully saturated rings. The minimum atomic E-state index is -0.0984. The summed E-state index contributed by atoms with van der Waals surface area (Å²) in [5.41, 5.74) is 2.69. The predicted octanol–water partition coefficient (Wildman–Crippen LogP) is 2.35. The quantitative estimate of drug-likeness (QED) is 0.663. The van der Waals surface area contributed by atoms with Gasteiger partial charge in [0.15, 0.2) is 0 Å². The minimum Gasteiger partial charge on any atom is -0.307 e. The molecule has 2 aliphatic rings. The lowest BCUT2D eigenvalue weighted by molar-refractivity contribution is 0.177. The van der Waals surface area contributed by atoms with Crippen molar-refractivity contribution >= 4 is 0 Å². The normalized spacial score (nSPS) is 29.8. The van der Waals surface area contributed by atoms with E-state index in [2.05, 4.69) is 5.32 Å². The average Bonchev–Trinajstić information content (AvgIpc) is 2.14. The zero-order valence-electron chi connectivity index (χ0n) is 8.15. The SMILES string of the molecule is Fc1ccc2c(c1)[C@@]1(CCC2)CCN1. The highest BCUT2D eigenvalue weighted by molar-refractivity contribution is 5.38. The lowest BCUT2D eigenvalue weighted by Crippen LogP contribution is -2.55.